The van der Waals surface area contributed by atoms with Crippen LogP contribution in [0.2, 0.25) is 0 Å². The van der Waals surface area contributed by atoms with E-state index in [1.165, 1.54) is 0 Å². The van der Waals surface area contributed by atoms with Gasteiger partial charge in [0.15, 0.2) is 11.5 Å². The fraction of sp³-hybridized carbons (Fsp3) is 0.294. The number of hydrogen-bond acceptors (Lipinski definition) is 5. The van der Waals surface area contributed by atoms with Crippen LogP contribution in [0.4, 0.5) is 5.69 Å². The highest BCUT2D eigenvalue weighted by Gasteiger charge is 2.07. The molecule has 25 heavy (non-hydrogen) atoms. The maximum Gasteiger partial charge on any atom is 0.225 e. The van der Waals surface area contributed by atoms with Gasteiger partial charge in [-0.2, -0.15) is 0 Å². The van der Waals surface area contributed by atoms with Crippen molar-refractivity contribution in [2.75, 3.05) is 26.0 Å². The van der Waals surface area contributed by atoms with Gasteiger partial charge in [-0.25, -0.2) is 4.98 Å². The van der Waals surface area contributed by atoms with Gasteiger partial charge in [-0.15, -0.1) is 24.8 Å². The van der Waals surface area contributed by atoms with Crippen molar-refractivity contribution in [3.05, 3.63) is 42.1 Å². The van der Waals surface area contributed by atoms with E-state index >= 15 is 0 Å². The Balaban J connectivity index is 0.00000288. The van der Waals surface area contributed by atoms with Crippen LogP contribution in [0.5, 0.6) is 17.4 Å². The third-order valence-corrected chi connectivity index (χ3v) is 3.16. The van der Waals surface area contributed by atoms with Gasteiger partial charge in [-0.1, -0.05) is 6.07 Å². The van der Waals surface area contributed by atoms with Crippen LogP contribution in [0, 0.1) is 6.92 Å². The summed E-state index contributed by atoms with van der Waals surface area (Å²) in [6.07, 6.45) is 1.97. The summed E-state index contributed by atoms with van der Waals surface area (Å²) in [6.45, 7) is 2.61. The van der Waals surface area contributed by atoms with E-state index in [0.717, 1.165) is 5.56 Å². The van der Waals surface area contributed by atoms with Gasteiger partial charge in [0.25, 0.3) is 0 Å². The molecule has 8 heteroatoms. The van der Waals surface area contributed by atoms with E-state index in [2.05, 4.69) is 15.6 Å². The number of methoxy groups -OCH3 is 1. The number of nitrogens with one attached hydrogen (secondary N) is 2. The molecule has 0 bridgehead atoms. The lowest BCUT2D eigenvalue weighted by molar-refractivity contribution is -0.116. The predicted molar refractivity (Wildman–Crippen MR) is 104 cm³/mol. The lowest BCUT2D eigenvalue weighted by atomic mass is 10.2. The molecule has 0 fully saturated rings. The summed E-state index contributed by atoms with van der Waals surface area (Å²) in [5.74, 6) is 1.61. The molecule has 0 aliphatic heterocycles. The number of ether oxygens (including phenoxy) is 2. The van der Waals surface area contributed by atoms with Crippen LogP contribution in [0.3, 0.4) is 0 Å². The Morgan fingerprint density at radius 1 is 1.16 bits per heavy atom. The lowest BCUT2D eigenvalue weighted by Crippen LogP contribution is -2.18. The Morgan fingerprint density at radius 2 is 1.92 bits per heavy atom. The standard InChI is InChI=1S/C17H21N3O3.2ClH/c1-12-4-6-14(15(10-12)22-3)23-17-7-5-13(11-19-17)20-16(21)8-9-18-2;;/h4-7,10-11,18H,8-9H2,1-3H3,(H,20,21);2*1H. The van der Waals surface area contributed by atoms with Gasteiger partial charge in [0.05, 0.1) is 19.0 Å². The zero-order chi connectivity index (χ0) is 16.7. The molecule has 1 amide bonds. The van der Waals surface area contributed by atoms with Gasteiger partial charge in [0, 0.05) is 19.0 Å². The zero-order valence-corrected chi connectivity index (χ0v) is 16.0. The number of aryl methyl sites for hydroxylation is 1. The van der Waals surface area contributed by atoms with Gasteiger partial charge in [-0.3, -0.25) is 4.79 Å². The fourth-order valence-corrected chi connectivity index (χ4v) is 1.95. The number of pyridine rings is 1. The Morgan fingerprint density at radius 3 is 2.52 bits per heavy atom. The van der Waals surface area contributed by atoms with Crippen LogP contribution in [-0.4, -0.2) is 31.6 Å². The molecule has 0 atom stereocenters. The first-order valence-electron chi connectivity index (χ1n) is 7.35. The average molecular weight is 388 g/mol. The smallest absolute Gasteiger partial charge is 0.225 e. The SMILES string of the molecule is CNCCC(=O)Nc1ccc(Oc2ccc(C)cc2OC)nc1.Cl.Cl. The average Bonchev–Trinajstić information content (AvgIpc) is 2.56. The third kappa shape index (κ3) is 7.17. The summed E-state index contributed by atoms with van der Waals surface area (Å²) in [4.78, 5) is 15.8. The van der Waals surface area contributed by atoms with E-state index in [-0.39, 0.29) is 30.7 Å². The second-order valence-electron chi connectivity index (χ2n) is 5.04. The van der Waals surface area contributed by atoms with E-state index in [4.69, 9.17) is 9.47 Å². The van der Waals surface area contributed by atoms with Gasteiger partial charge >= 0.3 is 0 Å². The summed E-state index contributed by atoms with van der Waals surface area (Å²) >= 11 is 0. The number of aromatic nitrogens is 1. The van der Waals surface area contributed by atoms with Gasteiger partial charge in [-0.05, 0) is 37.7 Å². The number of nitrogens with zero attached hydrogens (tertiary/aromatic N) is 1. The molecule has 0 aliphatic rings. The highest BCUT2D eigenvalue weighted by atomic mass is 35.5. The molecule has 1 aromatic carbocycles. The molecule has 138 valence electrons. The molecule has 1 aromatic heterocycles. The summed E-state index contributed by atoms with van der Waals surface area (Å²) in [6, 6.07) is 9.12. The van der Waals surface area contributed by atoms with Gasteiger partial charge in [0.1, 0.15) is 0 Å². The first-order valence-corrected chi connectivity index (χ1v) is 7.35. The number of rotatable bonds is 7. The first-order chi connectivity index (χ1) is 11.1. The molecule has 6 nitrogen and oxygen atoms in total. The van der Waals surface area contributed by atoms with Crippen molar-refractivity contribution in [2.45, 2.75) is 13.3 Å². The molecule has 2 aromatic rings. The van der Waals surface area contributed by atoms with Crippen LogP contribution in [0.1, 0.15) is 12.0 Å². The Kier molecular flexibility index (Phi) is 10.6. The summed E-state index contributed by atoms with van der Waals surface area (Å²) in [5, 5.41) is 5.70. The topological polar surface area (TPSA) is 72.5 Å². The van der Waals surface area contributed by atoms with Crippen LogP contribution in [-0.2, 0) is 4.79 Å². The second-order valence-corrected chi connectivity index (χ2v) is 5.04. The maximum atomic E-state index is 11.6. The Labute approximate surface area is 160 Å². The van der Waals surface area contributed by atoms with Crippen LogP contribution < -0.4 is 20.1 Å². The quantitative estimate of drug-likeness (QED) is 0.759. The van der Waals surface area contributed by atoms with Crippen LogP contribution >= 0.6 is 24.8 Å². The summed E-state index contributed by atoms with van der Waals surface area (Å²) in [7, 11) is 3.40. The third-order valence-electron chi connectivity index (χ3n) is 3.16. The van der Waals surface area contributed by atoms with Crippen molar-refractivity contribution in [2.24, 2.45) is 0 Å². The minimum Gasteiger partial charge on any atom is -0.493 e. The number of carbonyl (C=O) groups excluding carboxylic acids is 1. The number of anilines is 1. The molecule has 2 rings (SSSR count). The minimum absolute atomic E-state index is 0. The monoisotopic (exact) mass is 387 g/mol. The number of amides is 1. The zero-order valence-electron chi connectivity index (χ0n) is 14.4. The van der Waals surface area contributed by atoms with Crippen molar-refractivity contribution < 1.29 is 14.3 Å². The molecule has 0 aliphatic carbocycles. The molecular weight excluding hydrogens is 365 g/mol. The van der Waals surface area contributed by atoms with Crippen LogP contribution in [0.25, 0.3) is 0 Å². The van der Waals surface area contributed by atoms with E-state index in [9.17, 15) is 4.79 Å². The maximum absolute atomic E-state index is 11.6. The largest absolute Gasteiger partial charge is 0.493 e. The molecule has 0 radical (unpaired) electrons. The molecule has 0 spiro atoms. The van der Waals surface area contributed by atoms with Crippen molar-refractivity contribution in [3.8, 4) is 17.4 Å². The molecule has 2 N–H and O–H groups in total. The number of carbonyl (C=O) groups is 1. The second kappa shape index (κ2) is 11.5. The van der Waals surface area contributed by atoms with Crippen molar-refractivity contribution in [3.63, 3.8) is 0 Å². The first kappa shape index (κ1) is 23.0. The highest BCUT2D eigenvalue weighted by Crippen LogP contribution is 2.31. The molecule has 1 heterocycles. The van der Waals surface area contributed by atoms with E-state index < -0.39 is 0 Å². The Hall–Kier alpha value is -2.02. The van der Waals surface area contributed by atoms with E-state index in [1.54, 1.807) is 32.5 Å². The fourth-order valence-electron chi connectivity index (χ4n) is 1.95. The van der Waals surface area contributed by atoms with Crippen molar-refractivity contribution in [1.29, 1.82) is 0 Å². The highest BCUT2D eigenvalue weighted by molar-refractivity contribution is 5.90. The molecular formula is C17H23Cl2N3O3. The van der Waals surface area contributed by atoms with Crippen molar-refractivity contribution >= 4 is 36.4 Å². The normalized spacial score (nSPS) is 9.40. The lowest BCUT2D eigenvalue weighted by Gasteiger charge is -2.11. The van der Waals surface area contributed by atoms with Crippen LogP contribution in [0.15, 0.2) is 36.5 Å². The number of benzene rings is 1. The molecule has 0 saturated heterocycles. The van der Waals surface area contributed by atoms with E-state index in [0.29, 0.717) is 36.0 Å². The Bertz CT molecular complexity index is 667. The minimum atomic E-state index is -0.0602. The predicted octanol–water partition coefficient (Wildman–Crippen LogP) is 3.58. The van der Waals surface area contributed by atoms with Gasteiger partial charge < -0.3 is 20.1 Å². The van der Waals surface area contributed by atoms with Gasteiger partial charge in [0.2, 0.25) is 11.8 Å². The summed E-state index contributed by atoms with van der Waals surface area (Å²) < 4.78 is 11.0. The van der Waals surface area contributed by atoms with Crippen molar-refractivity contribution in [1.82, 2.24) is 10.3 Å². The number of hydrogen-bond donors (Lipinski definition) is 2. The van der Waals surface area contributed by atoms with E-state index in [1.807, 2.05) is 25.1 Å². The molecule has 0 unspecified atom stereocenters. The number of halogens is 2. The molecule has 0 saturated carbocycles. The summed E-state index contributed by atoms with van der Waals surface area (Å²) in [5.41, 5.74) is 1.72.